The Balaban J connectivity index is 2.88. The number of aldehydes is 1. The molecule has 5 nitrogen and oxygen atoms in total. The molecule has 66 valence electrons. The highest BCUT2D eigenvalue weighted by molar-refractivity contribution is 5.75. The summed E-state index contributed by atoms with van der Waals surface area (Å²) >= 11 is 0. The summed E-state index contributed by atoms with van der Waals surface area (Å²) in [5.41, 5.74) is 7.19. The van der Waals surface area contributed by atoms with Crippen LogP contribution in [0.4, 0.5) is 5.69 Å². The number of rotatable bonds is 1. The number of nitrogen functional groups attached to an aromatic ring is 1. The zero-order chi connectivity index (χ0) is 9.42. The van der Waals surface area contributed by atoms with Crippen molar-refractivity contribution >= 4 is 17.8 Å². The maximum atomic E-state index is 10.7. The van der Waals surface area contributed by atoms with Gasteiger partial charge in [0, 0.05) is 6.20 Å². The van der Waals surface area contributed by atoms with Gasteiger partial charge in [-0.1, -0.05) is 0 Å². The van der Waals surface area contributed by atoms with Crippen molar-refractivity contribution in [1.82, 2.24) is 14.4 Å². The Morgan fingerprint density at radius 2 is 2.38 bits per heavy atom. The standard InChI is InChI=1S/C8H8N4O/c1-5-7(4-13)12-3-6(9)2-10-8(12)11-5/h2-4H,9H2,1H3. The summed E-state index contributed by atoms with van der Waals surface area (Å²) in [5, 5.41) is 0. The van der Waals surface area contributed by atoms with E-state index in [2.05, 4.69) is 9.97 Å². The molecule has 2 aromatic rings. The van der Waals surface area contributed by atoms with Gasteiger partial charge in [0.25, 0.3) is 0 Å². The minimum atomic E-state index is 0.494. The lowest BCUT2D eigenvalue weighted by Crippen LogP contribution is -1.96. The minimum Gasteiger partial charge on any atom is -0.396 e. The van der Waals surface area contributed by atoms with Crippen LogP contribution in [0.25, 0.3) is 5.78 Å². The number of hydrogen-bond acceptors (Lipinski definition) is 4. The molecule has 0 bridgehead atoms. The molecule has 2 rings (SSSR count). The lowest BCUT2D eigenvalue weighted by Gasteiger charge is -1.95. The van der Waals surface area contributed by atoms with E-state index in [-0.39, 0.29) is 0 Å². The first kappa shape index (κ1) is 7.72. The number of carbonyl (C=O) groups is 1. The number of imidazole rings is 1. The third-order valence-electron chi connectivity index (χ3n) is 1.83. The van der Waals surface area contributed by atoms with Crippen molar-refractivity contribution in [2.75, 3.05) is 5.73 Å². The van der Waals surface area contributed by atoms with Crippen molar-refractivity contribution in [3.05, 3.63) is 23.8 Å². The Morgan fingerprint density at radius 1 is 1.62 bits per heavy atom. The lowest BCUT2D eigenvalue weighted by molar-refractivity contribution is 0.111. The van der Waals surface area contributed by atoms with Gasteiger partial charge >= 0.3 is 0 Å². The predicted molar refractivity (Wildman–Crippen MR) is 47.5 cm³/mol. The first-order chi connectivity index (χ1) is 6.22. The summed E-state index contributed by atoms with van der Waals surface area (Å²) in [6, 6.07) is 0. The minimum absolute atomic E-state index is 0.494. The molecule has 0 fully saturated rings. The largest absolute Gasteiger partial charge is 0.396 e. The number of nitrogens with zero attached hydrogens (tertiary/aromatic N) is 3. The van der Waals surface area contributed by atoms with Crippen LogP contribution in [0.15, 0.2) is 12.4 Å². The van der Waals surface area contributed by atoms with Crippen LogP contribution in [0.3, 0.4) is 0 Å². The van der Waals surface area contributed by atoms with E-state index in [9.17, 15) is 4.79 Å². The summed E-state index contributed by atoms with van der Waals surface area (Å²) < 4.78 is 1.58. The highest BCUT2D eigenvalue weighted by Crippen LogP contribution is 2.09. The molecule has 0 atom stereocenters. The van der Waals surface area contributed by atoms with Crippen LogP contribution in [-0.2, 0) is 0 Å². The number of aromatic nitrogens is 3. The van der Waals surface area contributed by atoms with Gasteiger partial charge in [0.05, 0.1) is 17.6 Å². The van der Waals surface area contributed by atoms with Crippen molar-refractivity contribution in [3.63, 3.8) is 0 Å². The maximum Gasteiger partial charge on any atom is 0.234 e. The summed E-state index contributed by atoms with van der Waals surface area (Å²) in [6.07, 6.45) is 3.89. The highest BCUT2D eigenvalue weighted by atomic mass is 16.1. The van der Waals surface area contributed by atoms with Crippen LogP contribution in [0.5, 0.6) is 0 Å². The first-order valence-electron chi connectivity index (χ1n) is 3.77. The first-order valence-corrected chi connectivity index (χ1v) is 3.77. The van der Waals surface area contributed by atoms with Gasteiger partial charge in [0.2, 0.25) is 5.78 Å². The Kier molecular flexibility index (Phi) is 1.51. The smallest absolute Gasteiger partial charge is 0.234 e. The summed E-state index contributed by atoms with van der Waals surface area (Å²) in [4.78, 5) is 18.8. The fraction of sp³-hybridized carbons (Fsp3) is 0.125. The average molecular weight is 176 g/mol. The third-order valence-corrected chi connectivity index (χ3v) is 1.83. The van der Waals surface area contributed by atoms with E-state index in [1.54, 1.807) is 17.5 Å². The van der Waals surface area contributed by atoms with Crippen LogP contribution >= 0.6 is 0 Å². The van der Waals surface area contributed by atoms with Crippen molar-refractivity contribution in [1.29, 1.82) is 0 Å². The van der Waals surface area contributed by atoms with Crippen LogP contribution in [0, 0.1) is 6.92 Å². The summed E-state index contributed by atoms with van der Waals surface area (Å²) in [5.74, 6) is 0.494. The van der Waals surface area contributed by atoms with E-state index in [1.807, 2.05) is 0 Å². The molecule has 0 aliphatic rings. The molecule has 2 aromatic heterocycles. The highest BCUT2D eigenvalue weighted by Gasteiger charge is 2.07. The lowest BCUT2D eigenvalue weighted by atomic mass is 10.4. The Morgan fingerprint density at radius 3 is 3.08 bits per heavy atom. The number of aryl methyl sites for hydroxylation is 1. The van der Waals surface area contributed by atoms with Gasteiger partial charge in [-0.25, -0.2) is 9.97 Å². The molecule has 0 saturated heterocycles. The summed E-state index contributed by atoms with van der Waals surface area (Å²) in [7, 11) is 0. The molecule has 0 spiro atoms. The number of nitrogens with two attached hydrogens (primary N) is 1. The molecule has 0 aliphatic heterocycles. The van der Waals surface area contributed by atoms with E-state index < -0.39 is 0 Å². The van der Waals surface area contributed by atoms with E-state index >= 15 is 0 Å². The van der Waals surface area contributed by atoms with E-state index in [4.69, 9.17) is 5.73 Å². The second-order valence-corrected chi connectivity index (χ2v) is 2.76. The fourth-order valence-corrected chi connectivity index (χ4v) is 1.22. The second-order valence-electron chi connectivity index (χ2n) is 2.76. The van der Waals surface area contributed by atoms with Crippen LogP contribution in [-0.4, -0.2) is 20.7 Å². The van der Waals surface area contributed by atoms with E-state index in [0.29, 0.717) is 22.9 Å². The van der Waals surface area contributed by atoms with Crippen molar-refractivity contribution in [2.45, 2.75) is 6.92 Å². The molecule has 2 N–H and O–H groups in total. The molecule has 0 radical (unpaired) electrons. The third kappa shape index (κ3) is 1.05. The van der Waals surface area contributed by atoms with Gasteiger partial charge in [-0.05, 0) is 6.92 Å². The summed E-state index contributed by atoms with van der Waals surface area (Å²) in [6.45, 7) is 1.76. The second kappa shape index (κ2) is 2.55. The van der Waals surface area contributed by atoms with Crippen LogP contribution < -0.4 is 5.73 Å². The molecule has 0 saturated carbocycles. The molecule has 5 heteroatoms. The molecule has 0 amide bonds. The molecule has 0 aromatic carbocycles. The predicted octanol–water partition coefficient (Wildman–Crippen LogP) is 0.432. The van der Waals surface area contributed by atoms with Crippen molar-refractivity contribution < 1.29 is 4.79 Å². The topological polar surface area (TPSA) is 73.3 Å². The molecule has 2 heterocycles. The van der Waals surface area contributed by atoms with Gasteiger partial charge in [-0.15, -0.1) is 0 Å². The van der Waals surface area contributed by atoms with Gasteiger partial charge in [-0.3, -0.25) is 9.20 Å². The normalized spacial score (nSPS) is 10.5. The molecular formula is C8H8N4O. The van der Waals surface area contributed by atoms with Crippen LogP contribution in [0.2, 0.25) is 0 Å². The number of fused-ring (bicyclic) bond motifs is 1. The number of carbonyl (C=O) groups excluding carboxylic acids is 1. The molecule has 13 heavy (non-hydrogen) atoms. The number of anilines is 1. The average Bonchev–Trinajstić information content (AvgIpc) is 2.40. The van der Waals surface area contributed by atoms with Gasteiger partial charge < -0.3 is 5.73 Å². The Labute approximate surface area is 74.2 Å². The monoisotopic (exact) mass is 176 g/mol. The zero-order valence-electron chi connectivity index (χ0n) is 7.06. The quantitative estimate of drug-likeness (QED) is 0.639. The number of hydrogen-bond donors (Lipinski definition) is 1. The SMILES string of the molecule is Cc1nc2ncc(N)cn2c1C=O. The zero-order valence-corrected chi connectivity index (χ0v) is 7.06. The van der Waals surface area contributed by atoms with Crippen molar-refractivity contribution in [2.24, 2.45) is 0 Å². The Hall–Kier alpha value is -1.91. The molecule has 0 aliphatic carbocycles. The van der Waals surface area contributed by atoms with Crippen LogP contribution in [0.1, 0.15) is 16.2 Å². The van der Waals surface area contributed by atoms with Gasteiger partial charge in [0.1, 0.15) is 5.69 Å². The van der Waals surface area contributed by atoms with Gasteiger partial charge in [0.15, 0.2) is 6.29 Å². The fourth-order valence-electron chi connectivity index (χ4n) is 1.22. The molecule has 0 unspecified atom stereocenters. The maximum absolute atomic E-state index is 10.7. The van der Waals surface area contributed by atoms with E-state index in [0.717, 1.165) is 6.29 Å². The van der Waals surface area contributed by atoms with Crippen molar-refractivity contribution in [3.8, 4) is 0 Å². The Bertz CT molecular complexity index is 474. The van der Waals surface area contributed by atoms with E-state index in [1.165, 1.54) is 6.20 Å². The molecular weight excluding hydrogens is 168 g/mol. The van der Waals surface area contributed by atoms with Gasteiger partial charge in [-0.2, -0.15) is 0 Å².